The molecule has 1 N–H and O–H groups in total. The second-order valence-electron chi connectivity index (χ2n) is 7.26. The molecule has 2 aromatic carbocycles. The van der Waals surface area contributed by atoms with Crippen molar-refractivity contribution in [2.24, 2.45) is 5.92 Å². The monoisotopic (exact) mass is 444 g/mol. The van der Waals surface area contributed by atoms with Gasteiger partial charge in [-0.3, -0.25) is 9.59 Å². The molecule has 164 valence electrons. The van der Waals surface area contributed by atoms with Gasteiger partial charge in [-0.2, -0.15) is 0 Å². The summed E-state index contributed by atoms with van der Waals surface area (Å²) in [5.74, 6) is 0.456. The molecule has 0 radical (unpaired) electrons. The molecule has 1 aliphatic rings. The van der Waals surface area contributed by atoms with E-state index in [9.17, 15) is 14.4 Å². The number of carbonyl (C=O) groups is 3. The highest BCUT2D eigenvalue weighted by molar-refractivity contribution is 6.30. The van der Waals surface area contributed by atoms with Crippen LogP contribution in [0.5, 0.6) is 5.75 Å². The van der Waals surface area contributed by atoms with Gasteiger partial charge < -0.3 is 19.7 Å². The van der Waals surface area contributed by atoms with Crippen LogP contribution in [0.3, 0.4) is 0 Å². The van der Waals surface area contributed by atoms with Gasteiger partial charge in [0.15, 0.2) is 0 Å². The average Bonchev–Trinajstić information content (AvgIpc) is 2.78. The fourth-order valence-corrected chi connectivity index (χ4v) is 3.50. The SMILES string of the molecule is CCOC(=O)Oc1ccc(C(=O)N2CCC(CNC(=O)c3ccc(Cl)cc3)CC2)cc1. The first-order valence-corrected chi connectivity index (χ1v) is 10.6. The molecule has 2 amide bonds. The van der Waals surface area contributed by atoms with Crippen LogP contribution in [0.1, 0.15) is 40.5 Å². The second-order valence-corrected chi connectivity index (χ2v) is 7.70. The van der Waals surface area contributed by atoms with Gasteiger partial charge in [-0.1, -0.05) is 11.6 Å². The van der Waals surface area contributed by atoms with E-state index in [4.69, 9.17) is 21.1 Å². The second kappa shape index (κ2) is 10.8. The first-order chi connectivity index (χ1) is 15.0. The van der Waals surface area contributed by atoms with E-state index in [1.54, 1.807) is 60.4 Å². The fourth-order valence-electron chi connectivity index (χ4n) is 3.37. The zero-order valence-electron chi connectivity index (χ0n) is 17.3. The Hall–Kier alpha value is -3.06. The molecule has 0 saturated carbocycles. The van der Waals surface area contributed by atoms with Crippen LogP contribution in [0.2, 0.25) is 5.02 Å². The quantitative estimate of drug-likeness (QED) is 0.534. The van der Waals surface area contributed by atoms with Gasteiger partial charge in [0.1, 0.15) is 5.75 Å². The summed E-state index contributed by atoms with van der Waals surface area (Å²) in [7, 11) is 0. The van der Waals surface area contributed by atoms with E-state index in [1.807, 2.05) is 0 Å². The standard InChI is InChI=1S/C23H25ClN2O5/c1-2-30-23(29)31-20-9-5-18(6-10-20)22(28)26-13-11-16(12-14-26)15-25-21(27)17-3-7-19(24)8-4-17/h3-10,16H,2,11-15H2,1H3,(H,25,27). The summed E-state index contributed by atoms with van der Waals surface area (Å²) in [6.07, 6.45) is 0.861. The zero-order chi connectivity index (χ0) is 22.2. The molecule has 2 aromatic rings. The van der Waals surface area contributed by atoms with Crippen LogP contribution in [0.25, 0.3) is 0 Å². The summed E-state index contributed by atoms with van der Waals surface area (Å²) < 4.78 is 9.73. The Balaban J connectivity index is 1.44. The molecular weight excluding hydrogens is 420 g/mol. The minimum Gasteiger partial charge on any atom is -0.434 e. The molecular formula is C23H25ClN2O5. The first kappa shape index (κ1) is 22.6. The third-order valence-electron chi connectivity index (χ3n) is 5.12. The van der Waals surface area contributed by atoms with Crippen LogP contribution in [-0.4, -0.2) is 49.1 Å². The molecule has 0 atom stereocenters. The predicted molar refractivity (Wildman–Crippen MR) is 117 cm³/mol. The summed E-state index contributed by atoms with van der Waals surface area (Å²) in [5.41, 5.74) is 1.11. The number of piperidine rings is 1. The zero-order valence-corrected chi connectivity index (χ0v) is 18.1. The highest BCUT2D eigenvalue weighted by Crippen LogP contribution is 2.20. The van der Waals surface area contributed by atoms with Crippen LogP contribution in [0, 0.1) is 5.92 Å². The van der Waals surface area contributed by atoms with Crippen molar-refractivity contribution in [3.8, 4) is 5.75 Å². The minimum absolute atomic E-state index is 0.0636. The van der Waals surface area contributed by atoms with Crippen LogP contribution in [-0.2, 0) is 4.74 Å². The van der Waals surface area contributed by atoms with Crippen molar-refractivity contribution >= 4 is 29.6 Å². The maximum Gasteiger partial charge on any atom is 0.513 e. The van der Waals surface area contributed by atoms with Gasteiger partial charge in [-0.25, -0.2) is 4.79 Å². The van der Waals surface area contributed by atoms with E-state index >= 15 is 0 Å². The Morgan fingerprint density at radius 1 is 1.00 bits per heavy atom. The Kier molecular flexibility index (Phi) is 7.89. The number of amides is 2. The Morgan fingerprint density at radius 2 is 1.61 bits per heavy atom. The highest BCUT2D eigenvalue weighted by Gasteiger charge is 2.24. The van der Waals surface area contributed by atoms with Crippen molar-refractivity contribution in [3.63, 3.8) is 0 Å². The van der Waals surface area contributed by atoms with Crippen molar-refractivity contribution in [1.82, 2.24) is 10.2 Å². The third-order valence-corrected chi connectivity index (χ3v) is 5.38. The van der Waals surface area contributed by atoms with Gasteiger partial charge in [0.2, 0.25) is 0 Å². The Bertz CT molecular complexity index is 907. The Morgan fingerprint density at radius 3 is 2.23 bits per heavy atom. The number of hydrogen-bond acceptors (Lipinski definition) is 5. The van der Waals surface area contributed by atoms with Gasteiger partial charge in [-0.05, 0) is 74.2 Å². The van der Waals surface area contributed by atoms with Crippen LogP contribution < -0.4 is 10.1 Å². The normalized spacial score (nSPS) is 14.1. The summed E-state index contributed by atoms with van der Waals surface area (Å²) in [4.78, 5) is 38.1. The van der Waals surface area contributed by atoms with Crippen molar-refractivity contribution in [2.45, 2.75) is 19.8 Å². The van der Waals surface area contributed by atoms with Crippen LogP contribution in [0.15, 0.2) is 48.5 Å². The molecule has 0 aromatic heterocycles. The van der Waals surface area contributed by atoms with Gasteiger partial charge in [0.25, 0.3) is 11.8 Å². The smallest absolute Gasteiger partial charge is 0.434 e. The van der Waals surface area contributed by atoms with E-state index in [1.165, 1.54) is 0 Å². The molecule has 3 rings (SSSR count). The molecule has 0 bridgehead atoms. The predicted octanol–water partition coefficient (Wildman–Crippen LogP) is 4.16. The third kappa shape index (κ3) is 6.46. The number of carbonyl (C=O) groups excluding carboxylic acids is 3. The average molecular weight is 445 g/mol. The van der Waals surface area contributed by atoms with Gasteiger partial charge in [-0.15, -0.1) is 0 Å². The number of rotatable bonds is 6. The number of hydrogen-bond donors (Lipinski definition) is 1. The number of ether oxygens (including phenoxy) is 2. The van der Waals surface area contributed by atoms with Crippen LogP contribution >= 0.6 is 11.6 Å². The van der Waals surface area contributed by atoms with Gasteiger partial charge in [0.05, 0.1) is 6.61 Å². The summed E-state index contributed by atoms with van der Waals surface area (Å²) in [5, 5.41) is 3.55. The van der Waals surface area contributed by atoms with E-state index in [0.717, 1.165) is 12.8 Å². The Labute approximate surface area is 186 Å². The number of nitrogens with zero attached hydrogens (tertiary/aromatic N) is 1. The first-order valence-electron chi connectivity index (χ1n) is 10.2. The number of nitrogens with one attached hydrogen (secondary N) is 1. The molecule has 1 aliphatic heterocycles. The van der Waals surface area contributed by atoms with E-state index < -0.39 is 6.16 Å². The molecule has 7 nitrogen and oxygen atoms in total. The van der Waals surface area contributed by atoms with E-state index in [-0.39, 0.29) is 18.4 Å². The summed E-state index contributed by atoms with van der Waals surface area (Å²) in [6.45, 7) is 3.75. The van der Waals surface area contributed by atoms with Crippen LogP contribution in [0.4, 0.5) is 4.79 Å². The topological polar surface area (TPSA) is 84.9 Å². The lowest BCUT2D eigenvalue weighted by Crippen LogP contribution is -2.41. The van der Waals surface area contributed by atoms with E-state index in [0.29, 0.717) is 47.5 Å². The fraction of sp³-hybridized carbons (Fsp3) is 0.348. The number of likely N-dealkylation sites (tertiary alicyclic amines) is 1. The van der Waals surface area contributed by atoms with Crippen molar-refractivity contribution in [2.75, 3.05) is 26.2 Å². The summed E-state index contributed by atoms with van der Waals surface area (Å²) in [6, 6.07) is 13.2. The molecule has 1 saturated heterocycles. The van der Waals surface area contributed by atoms with E-state index in [2.05, 4.69) is 5.32 Å². The molecule has 0 unspecified atom stereocenters. The molecule has 1 heterocycles. The molecule has 1 fully saturated rings. The number of halogens is 1. The largest absolute Gasteiger partial charge is 0.513 e. The molecule has 31 heavy (non-hydrogen) atoms. The van der Waals surface area contributed by atoms with Gasteiger partial charge >= 0.3 is 6.16 Å². The summed E-state index contributed by atoms with van der Waals surface area (Å²) >= 11 is 5.85. The van der Waals surface area contributed by atoms with Crippen molar-refractivity contribution < 1.29 is 23.9 Å². The lowest BCUT2D eigenvalue weighted by atomic mass is 9.96. The maximum atomic E-state index is 12.7. The lowest BCUT2D eigenvalue weighted by Gasteiger charge is -2.32. The molecule has 0 aliphatic carbocycles. The number of benzene rings is 2. The van der Waals surface area contributed by atoms with Gasteiger partial charge in [0, 0.05) is 35.8 Å². The lowest BCUT2D eigenvalue weighted by molar-refractivity contribution is 0.0684. The molecule has 8 heteroatoms. The maximum absolute atomic E-state index is 12.7. The van der Waals surface area contributed by atoms with Crippen molar-refractivity contribution in [1.29, 1.82) is 0 Å². The minimum atomic E-state index is -0.771. The van der Waals surface area contributed by atoms with Crippen molar-refractivity contribution in [3.05, 3.63) is 64.7 Å². The highest BCUT2D eigenvalue weighted by atomic mass is 35.5. The molecule has 0 spiro atoms.